The first-order valence-corrected chi connectivity index (χ1v) is 12.3. The topological polar surface area (TPSA) is 53.6 Å². The number of halogens is 3. The summed E-state index contributed by atoms with van der Waals surface area (Å²) >= 11 is 1.59. The second-order valence-electron chi connectivity index (χ2n) is 9.97. The van der Waals surface area contributed by atoms with Crippen molar-refractivity contribution in [2.75, 3.05) is 23.7 Å². The lowest BCUT2D eigenvalue weighted by atomic mass is 9.94. The molecule has 3 aliphatic rings. The van der Waals surface area contributed by atoms with E-state index in [1.807, 2.05) is 20.8 Å². The number of anilines is 2. The summed E-state index contributed by atoms with van der Waals surface area (Å²) in [5, 5.41) is 7.25. The highest BCUT2D eigenvalue weighted by atomic mass is 32.2. The molecule has 178 valence electrons. The van der Waals surface area contributed by atoms with Gasteiger partial charge in [0.2, 0.25) is 0 Å². The maximum Gasteiger partial charge on any atom is 0.416 e. The third-order valence-corrected chi connectivity index (χ3v) is 7.69. The van der Waals surface area contributed by atoms with Crippen LogP contribution in [-0.4, -0.2) is 47.0 Å². The molecule has 1 aromatic rings. The summed E-state index contributed by atoms with van der Waals surface area (Å²) in [4.78, 5) is 14.7. The van der Waals surface area contributed by atoms with Crippen molar-refractivity contribution in [2.24, 2.45) is 0 Å². The number of piperidine rings is 1. The largest absolute Gasteiger partial charge is 0.444 e. The van der Waals surface area contributed by atoms with Gasteiger partial charge in [-0.2, -0.15) is 13.2 Å². The van der Waals surface area contributed by atoms with E-state index in [1.54, 1.807) is 16.7 Å². The number of thioether (sulfide) groups is 1. The molecule has 1 saturated heterocycles. The van der Waals surface area contributed by atoms with Gasteiger partial charge in [0.1, 0.15) is 5.60 Å². The van der Waals surface area contributed by atoms with Crippen LogP contribution in [-0.2, 0) is 10.9 Å². The van der Waals surface area contributed by atoms with Crippen LogP contribution in [0.2, 0.25) is 0 Å². The molecule has 2 heterocycles. The average Bonchev–Trinajstić information content (AvgIpc) is 2.71. The monoisotopic (exact) mass is 471 g/mol. The predicted molar refractivity (Wildman–Crippen MR) is 121 cm³/mol. The van der Waals surface area contributed by atoms with Gasteiger partial charge in [0.25, 0.3) is 0 Å². The Morgan fingerprint density at radius 2 is 1.81 bits per heavy atom. The molecular weight excluding hydrogens is 439 g/mol. The zero-order valence-corrected chi connectivity index (χ0v) is 19.7. The molecule has 0 bridgehead atoms. The molecule has 4 rings (SSSR count). The molecule has 2 aliphatic heterocycles. The summed E-state index contributed by atoms with van der Waals surface area (Å²) in [6.45, 7) is 6.52. The number of hydrogen-bond donors (Lipinski definition) is 2. The minimum atomic E-state index is -4.39. The first-order chi connectivity index (χ1) is 15.0. The molecule has 1 amide bonds. The molecule has 0 spiro atoms. The van der Waals surface area contributed by atoms with Crippen LogP contribution in [0.1, 0.15) is 64.9 Å². The molecule has 2 unspecified atom stereocenters. The molecule has 1 saturated carbocycles. The van der Waals surface area contributed by atoms with E-state index in [9.17, 15) is 18.0 Å². The smallest absolute Gasteiger partial charge is 0.416 e. The van der Waals surface area contributed by atoms with Gasteiger partial charge < -0.3 is 20.3 Å². The number of rotatable bonds is 2. The lowest BCUT2D eigenvalue weighted by Crippen LogP contribution is -2.44. The summed E-state index contributed by atoms with van der Waals surface area (Å²) in [5.41, 5.74) is 0.139. The molecule has 2 fully saturated rings. The van der Waals surface area contributed by atoms with Crippen molar-refractivity contribution in [1.82, 2.24) is 4.90 Å². The van der Waals surface area contributed by atoms with Gasteiger partial charge in [0.05, 0.1) is 16.9 Å². The third kappa shape index (κ3) is 5.41. The molecule has 1 aromatic carbocycles. The first kappa shape index (κ1) is 23.4. The summed E-state index contributed by atoms with van der Waals surface area (Å²) in [7, 11) is 0. The Morgan fingerprint density at radius 1 is 1.12 bits per heavy atom. The Bertz CT molecular complexity index is 848. The van der Waals surface area contributed by atoms with Crippen LogP contribution < -0.4 is 10.6 Å². The number of carbonyl (C=O) groups excluding carboxylic acids is 1. The molecule has 0 radical (unpaired) electrons. The van der Waals surface area contributed by atoms with E-state index in [0.717, 1.165) is 31.4 Å². The van der Waals surface area contributed by atoms with Gasteiger partial charge in [-0.25, -0.2) is 4.79 Å². The van der Waals surface area contributed by atoms with Gasteiger partial charge in [0, 0.05) is 35.3 Å². The minimum Gasteiger partial charge on any atom is -0.444 e. The Balaban J connectivity index is 1.49. The highest BCUT2D eigenvalue weighted by Gasteiger charge is 2.37. The zero-order chi connectivity index (χ0) is 23.1. The molecule has 32 heavy (non-hydrogen) atoms. The molecule has 0 aromatic heterocycles. The number of nitrogens with one attached hydrogen (secondary N) is 2. The molecule has 1 aliphatic carbocycles. The Hall–Kier alpha value is -1.77. The van der Waals surface area contributed by atoms with E-state index < -0.39 is 17.3 Å². The van der Waals surface area contributed by atoms with Crippen LogP contribution in [0.5, 0.6) is 0 Å². The lowest BCUT2D eigenvalue weighted by molar-refractivity contribution is -0.137. The van der Waals surface area contributed by atoms with Crippen LogP contribution >= 0.6 is 11.8 Å². The van der Waals surface area contributed by atoms with Crippen LogP contribution in [0.3, 0.4) is 0 Å². The van der Waals surface area contributed by atoms with Crippen molar-refractivity contribution in [2.45, 2.75) is 93.3 Å². The van der Waals surface area contributed by atoms with Crippen LogP contribution in [0, 0.1) is 0 Å². The van der Waals surface area contributed by atoms with Gasteiger partial charge in [-0.3, -0.25) is 0 Å². The Morgan fingerprint density at radius 3 is 2.47 bits per heavy atom. The van der Waals surface area contributed by atoms with E-state index in [0.29, 0.717) is 47.8 Å². The van der Waals surface area contributed by atoms with E-state index in [2.05, 4.69) is 10.6 Å². The normalized spacial score (nSPS) is 24.2. The van der Waals surface area contributed by atoms with Crippen molar-refractivity contribution in [3.63, 3.8) is 0 Å². The van der Waals surface area contributed by atoms with Gasteiger partial charge in [-0.15, -0.1) is 11.8 Å². The van der Waals surface area contributed by atoms with E-state index in [-0.39, 0.29) is 12.1 Å². The quantitative estimate of drug-likeness (QED) is 0.527. The van der Waals surface area contributed by atoms with Crippen LogP contribution in [0.15, 0.2) is 17.0 Å². The predicted octanol–water partition coefficient (Wildman–Crippen LogP) is 6.35. The number of likely N-dealkylation sites (tertiary alicyclic amines) is 1. The highest BCUT2D eigenvalue weighted by Crippen LogP contribution is 2.48. The maximum atomic E-state index is 13.6. The number of ether oxygens (including phenoxy) is 1. The fraction of sp³-hybridized carbons (Fsp3) is 0.696. The Labute approximate surface area is 191 Å². The zero-order valence-electron chi connectivity index (χ0n) is 18.8. The summed E-state index contributed by atoms with van der Waals surface area (Å²) in [6, 6.07) is 2.81. The summed E-state index contributed by atoms with van der Waals surface area (Å²) in [6.07, 6.45) is 0.939. The number of carbonyl (C=O) groups is 1. The summed E-state index contributed by atoms with van der Waals surface area (Å²) < 4.78 is 46.3. The summed E-state index contributed by atoms with van der Waals surface area (Å²) in [5.74, 6) is 0. The van der Waals surface area contributed by atoms with Gasteiger partial charge in [0.15, 0.2) is 0 Å². The maximum absolute atomic E-state index is 13.6. The number of fused-ring (bicyclic) bond motifs is 2. The fourth-order valence-corrected chi connectivity index (χ4v) is 6.10. The number of nitrogens with zero attached hydrogens (tertiary/aromatic N) is 1. The number of alkyl halides is 3. The fourth-order valence-electron chi connectivity index (χ4n) is 4.64. The van der Waals surface area contributed by atoms with Crippen LogP contribution in [0.25, 0.3) is 0 Å². The van der Waals surface area contributed by atoms with Crippen molar-refractivity contribution in [1.29, 1.82) is 0 Å². The molecule has 9 heteroatoms. The van der Waals surface area contributed by atoms with Crippen molar-refractivity contribution < 1.29 is 22.7 Å². The molecule has 5 nitrogen and oxygen atoms in total. The third-order valence-electron chi connectivity index (χ3n) is 6.25. The average molecular weight is 472 g/mol. The standard InChI is InChI=1S/C23H32F3N3O2S/c1-22(2,3)31-21(30)29-10-8-15(9-11-29)27-17-12-14(23(24,25)26)13-19-20(17)28-16-6-4-5-7-18(16)32-19/h12-13,15-16,18,27-28H,4-11H2,1-3H3. The minimum absolute atomic E-state index is 0.00264. The SMILES string of the molecule is CC(C)(C)OC(=O)N1CCC(Nc2cc(C(F)(F)F)cc3c2NC2CCCCC2S3)CC1. The number of amides is 1. The van der Waals surface area contributed by atoms with Crippen LogP contribution in [0.4, 0.5) is 29.3 Å². The van der Waals surface area contributed by atoms with E-state index in [4.69, 9.17) is 4.74 Å². The second kappa shape index (κ2) is 8.88. The number of benzene rings is 1. The van der Waals surface area contributed by atoms with Gasteiger partial charge >= 0.3 is 12.3 Å². The van der Waals surface area contributed by atoms with Gasteiger partial charge in [-0.05, 0) is 58.6 Å². The van der Waals surface area contributed by atoms with Gasteiger partial charge in [-0.1, -0.05) is 12.8 Å². The van der Waals surface area contributed by atoms with Crippen molar-refractivity contribution in [3.8, 4) is 0 Å². The van der Waals surface area contributed by atoms with E-state index in [1.165, 1.54) is 12.1 Å². The van der Waals surface area contributed by atoms with Crippen molar-refractivity contribution in [3.05, 3.63) is 17.7 Å². The number of hydrogen-bond acceptors (Lipinski definition) is 5. The van der Waals surface area contributed by atoms with E-state index >= 15 is 0 Å². The lowest BCUT2D eigenvalue weighted by Gasteiger charge is -2.39. The molecular formula is C23H32F3N3O2S. The molecule has 2 atom stereocenters. The Kier molecular flexibility index (Phi) is 6.49. The first-order valence-electron chi connectivity index (χ1n) is 11.4. The second-order valence-corrected chi connectivity index (χ2v) is 11.3. The highest BCUT2D eigenvalue weighted by molar-refractivity contribution is 8.00. The van der Waals surface area contributed by atoms with Crippen molar-refractivity contribution >= 4 is 29.2 Å². The molecule has 2 N–H and O–H groups in total.